The maximum Gasteiger partial charge on any atom is 0.106 e. The van der Waals surface area contributed by atoms with E-state index in [1.807, 2.05) is 12.1 Å². The lowest BCUT2D eigenvalue weighted by molar-refractivity contribution is 0.920. The van der Waals surface area contributed by atoms with Crippen molar-refractivity contribution in [1.82, 2.24) is 0 Å². The predicted molar refractivity (Wildman–Crippen MR) is 91.2 cm³/mol. The van der Waals surface area contributed by atoms with Gasteiger partial charge in [-0.2, -0.15) is 0 Å². The standard InChI is InChI=1S/C14H15BrN2S2/c1-9-4-3-5-11(14(16)18)13(9)17(2)7-10-6-12(15)19-8-10/h3-6,8H,7H2,1-2H3,(H2,16,18). The fourth-order valence-electron chi connectivity index (χ4n) is 2.15. The van der Waals surface area contributed by atoms with Crippen molar-refractivity contribution in [3.8, 4) is 0 Å². The zero-order valence-electron chi connectivity index (χ0n) is 10.8. The predicted octanol–water partition coefficient (Wildman–Crippen LogP) is 4.09. The van der Waals surface area contributed by atoms with E-state index in [0.29, 0.717) is 4.99 Å². The fourth-order valence-corrected chi connectivity index (χ4v) is 3.51. The molecule has 2 aromatic rings. The average Bonchev–Trinajstić information content (AvgIpc) is 2.74. The monoisotopic (exact) mass is 354 g/mol. The molecule has 0 saturated carbocycles. The molecule has 5 heteroatoms. The topological polar surface area (TPSA) is 29.3 Å². The number of rotatable bonds is 4. The largest absolute Gasteiger partial charge is 0.389 e. The Kier molecular flexibility index (Phi) is 4.60. The molecule has 0 radical (unpaired) electrons. The maximum atomic E-state index is 5.82. The van der Waals surface area contributed by atoms with E-state index in [1.54, 1.807) is 11.3 Å². The molecule has 2 N–H and O–H groups in total. The van der Waals surface area contributed by atoms with E-state index in [1.165, 1.54) is 11.1 Å². The van der Waals surface area contributed by atoms with Gasteiger partial charge in [0.05, 0.1) is 3.79 Å². The Morgan fingerprint density at radius 1 is 1.47 bits per heavy atom. The van der Waals surface area contributed by atoms with E-state index in [-0.39, 0.29) is 0 Å². The fraction of sp³-hybridized carbons (Fsp3) is 0.214. The minimum atomic E-state index is 0.442. The van der Waals surface area contributed by atoms with Crippen LogP contribution in [-0.2, 0) is 6.54 Å². The Balaban J connectivity index is 2.32. The molecule has 0 spiro atoms. The van der Waals surface area contributed by atoms with E-state index < -0.39 is 0 Å². The zero-order valence-corrected chi connectivity index (χ0v) is 14.0. The molecule has 0 aliphatic heterocycles. The molecule has 0 atom stereocenters. The quantitative estimate of drug-likeness (QED) is 0.838. The molecule has 19 heavy (non-hydrogen) atoms. The number of aryl methyl sites for hydroxylation is 1. The normalized spacial score (nSPS) is 10.5. The van der Waals surface area contributed by atoms with Crippen molar-refractivity contribution < 1.29 is 0 Å². The smallest absolute Gasteiger partial charge is 0.106 e. The molecule has 2 rings (SSSR count). The second kappa shape index (κ2) is 6.03. The van der Waals surface area contributed by atoms with Crippen LogP contribution in [0.15, 0.2) is 33.4 Å². The Labute approximate surface area is 131 Å². The summed E-state index contributed by atoms with van der Waals surface area (Å²) in [5.41, 5.74) is 10.3. The lowest BCUT2D eigenvalue weighted by atomic mass is 10.1. The van der Waals surface area contributed by atoms with Crippen molar-refractivity contribution in [3.63, 3.8) is 0 Å². The molecule has 1 aromatic carbocycles. The van der Waals surface area contributed by atoms with Gasteiger partial charge in [0.25, 0.3) is 0 Å². The minimum absolute atomic E-state index is 0.442. The maximum absolute atomic E-state index is 5.82. The van der Waals surface area contributed by atoms with Crippen LogP contribution >= 0.6 is 39.5 Å². The molecule has 0 aliphatic rings. The third-order valence-electron chi connectivity index (χ3n) is 2.93. The van der Waals surface area contributed by atoms with Crippen LogP contribution in [-0.4, -0.2) is 12.0 Å². The molecular weight excluding hydrogens is 340 g/mol. The lowest BCUT2D eigenvalue weighted by Gasteiger charge is -2.24. The number of nitrogens with two attached hydrogens (primary N) is 1. The van der Waals surface area contributed by atoms with Crippen molar-refractivity contribution in [2.75, 3.05) is 11.9 Å². The van der Waals surface area contributed by atoms with Crippen molar-refractivity contribution >= 4 is 50.2 Å². The summed E-state index contributed by atoms with van der Waals surface area (Å²) in [6.07, 6.45) is 0. The van der Waals surface area contributed by atoms with Gasteiger partial charge in [0, 0.05) is 24.8 Å². The second-order valence-corrected chi connectivity index (χ2v) is 7.18. The van der Waals surface area contributed by atoms with Gasteiger partial charge in [-0.25, -0.2) is 0 Å². The molecule has 0 bridgehead atoms. The van der Waals surface area contributed by atoms with E-state index in [2.05, 4.69) is 52.3 Å². The highest BCUT2D eigenvalue weighted by atomic mass is 79.9. The molecule has 0 unspecified atom stereocenters. The number of para-hydroxylation sites is 1. The van der Waals surface area contributed by atoms with Gasteiger partial charge < -0.3 is 10.6 Å². The summed E-state index contributed by atoms with van der Waals surface area (Å²) in [5, 5.41) is 2.15. The number of thiophene rings is 1. The van der Waals surface area contributed by atoms with E-state index in [9.17, 15) is 0 Å². The van der Waals surface area contributed by atoms with Crippen LogP contribution in [0.1, 0.15) is 16.7 Å². The third kappa shape index (κ3) is 3.35. The van der Waals surface area contributed by atoms with Gasteiger partial charge in [0.1, 0.15) is 4.99 Å². The summed E-state index contributed by atoms with van der Waals surface area (Å²) in [4.78, 5) is 2.63. The SMILES string of the molecule is Cc1cccc(C(N)=S)c1N(C)Cc1csc(Br)c1. The first-order valence-corrected chi connectivity index (χ1v) is 7.90. The minimum Gasteiger partial charge on any atom is -0.389 e. The number of thiocarbonyl (C=S) groups is 1. The number of anilines is 1. The van der Waals surface area contributed by atoms with Crippen molar-refractivity contribution in [1.29, 1.82) is 0 Å². The summed E-state index contributed by atoms with van der Waals surface area (Å²) in [7, 11) is 2.07. The molecule has 1 aromatic heterocycles. The molecule has 0 saturated heterocycles. The van der Waals surface area contributed by atoms with Gasteiger partial charge in [-0.15, -0.1) is 11.3 Å². The Bertz CT molecular complexity index is 607. The zero-order chi connectivity index (χ0) is 14.0. The van der Waals surface area contributed by atoms with Crippen LogP contribution in [0.3, 0.4) is 0 Å². The third-order valence-corrected chi connectivity index (χ3v) is 4.70. The highest BCUT2D eigenvalue weighted by Gasteiger charge is 2.13. The number of hydrogen-bond acceptors (Lipinski definition) is 3. The Hall–Kier alpha value is -0.910. The Morgan fingerprint density at radius 2 is 2.21 bits per heavy atom. The summed E-state index contributed by atoms with van der Waals surface area (Å²) < 4.78 is 1.15. The second-order valence-electron chi connectivity index (χ2n) is 4.45. The molecule has 0 aliphatic carbocycles. The Morgan fingerprint density at radius 3 is 2.79 bits per heavy atom. The highest BCUT2D eigenvalue weighted by molar-refractivity contribution is 9.11. The van der Waals surface area contributed by atoms with Gasteiger partial charge in [-0.3, -0.25) is 0 Å². The number of nitrogens with zero attached hydrogens (tertiary/aromatic N) is 1. The molecule has 2 nitrogen and oxygen atoms in total. The van der Waals surface area contributed by atoms with Crippen LogP contribution in [0.2, 0.25) is 0 Å². The first-order valence-electron chi connectivity index (χ1n) is 5.82. The molecular formula is C14H15BrN2S2. The van der Waals surface area contributed by atoms with Crippen molar-refractivity contribution in [2.24, 2.45) is 5.73 Å². The molecule has 1 heterocycles. The van der Waals surface area contributed by atoms with Gasteiger partial charge in [0.2, 0.25) is 0 Å². The van der Waals surface area contributed by atoms with E-state index in [0.717, 1.165) is 21.6 Å². The van der Waals surface area contributed by atoms with Crippen LogP contribution in [0.25, 0.3) is 0 Å². The summed E-state index contributed by atoms with van der Waals surface area (Å²) in [6, 6.07) is 8.18. The molecule has 0 amide bonds. The number of hydrogen-bond donors (Lipinski definition) is 1. The van der Waals surface area contributed by atoms with E-state index >= 15 is 0 Å². The van der Waals surface area contributed by atoms with Gasteiger partial charge in [0.15, 0.2) is 0 Å². The van der Waals surface area contributed by atoms with Crippen LogP contribution in [0.4, 0.5) is 5.69 Å². The highest BCUT2D eigenvalue weighted by Crippen LogP contribution is 2.27. The lowest BCUT2D eigenvalue weighted by Crippen LogP contribution is -2.22. The first-order chi connectivity index (χ1) is 8.99. The number of benzene rings is 1. The summed E-state index contributed by atoms with van der Waals surface area (Å²) in [6.45, 7) is 2.92. The van der Waals surface area contributed by atoms with Gasteiger partial charge in [-0.05, 0) is 51.5 Å². The summed E-state index contributed by atoms with van der Waals surface area (Å²) in [5.74, 6) is 0. The average molecular weight is 355 g/mol. The summed E-state index contributed by atoms with van der Waals surface area (Å²) >= 11 is 10.3. The van der Waals surface area contributed by atoms with Crippen LogP contribution in [0.5, 0.6) is 0 Å². The van der Waals surface area contributed by atoms with Crippen LogP contribution < -0.4 is 10.6 Å². The van der Waals surface area contributed by atoms with Crippen molar-refractivity contribution in [2.45, 2.75) is 13.5 Å². The number of halogens is 1. The van der Waals surface area contributed by atoms with E-state index in [4.69, 9.17) is 18.0 Å². The molecule has 0 fully saturated rings. The molecule has 100 valence electrons. The van der Waals surface area contributed by atoms with Crippen LogP contribution in [0, 0.1) is 6.92 Å². The van der Waals surface area contributed by atoms with Gasteiger partial charge >= 0.3 is 0 Å². The first kappa shape index (κ1) is 14.5. The van der Waals surface area contributed by atoms with Gasteiger partial charge in [-0.1, -0.05) is 24.4 Å². The van der Waals surface area contributed by atoms with Crippen molar-refractivity contribution in [3.05, 3.63) is 50.1 Å².